The molecule has 0 bridgehead atoms. The summed E-state index contributed by atoms with van der Waals surface area (Å²) >= 11 is 5.99. The molecule has 5 nitrogen and oxygen atoms in total. The number of amides is 1. The van der Waals surface area contributed by atoms with Crippen LogP contribution in [0.15, 0.2) is 36.9 Å². The molecule has 0 aliphatic carbocycles. The largest absolute Gasteiger partial charge is 0.384 e. The molecular weight excluding hydrogens is 288 g/mol. The molecule has 0 aliphatic heterocycles. The molecule has 2 aromatic rings. The van der Waals surface area contributed by atoms with Gasteiger partial charge in [0.15, 0.2) is 0 Å². The Bertz CT molecular complexity index is 583. The van der Waals surface area contributed by atoms with E-state index < -0.39 is 0 Å². The second-order valence-electron chi connectivity index (χ2n) is 4.67. The smallest absolute Gasteiger partial charge is 0.253 e. The highest BCUT2D eigenvalue weighted by molar-refractivity contribution is 6.31. The van der Waals surface area contributed by atoms with E-state index in [1.54, 1.807) is 24.7 Å². The average Bonchev–Trinajstić information content (AvgIpc) is 2.99. The van der Waals surface area contributed by atoms with Crippen molar-refractivity contribution in [3.8, 4) is 0 Å². The van der Waals surface area contributed by atoms with E-state index in [0.717, 1.165) is 18.7 Å². The second-order valence-corrected chi connectivity index (χ2v) is 5.11. The lowest BCUT2D eigenvalue weighted by Crippen LogP contribution is -2.27. The number of hydrogen-bond donors (Lipinski definition) is 2. The minimum atomic E-state index is -0.129. The molecule has 0 saturated heterocycles. The lowest BCUT2D eigenvalue weighted by atomic mass is 10.1. The molecule has 0 radical (unpaired) electrons. The van der Waals surface area contributed by atoms with Crippen molar-refractivity contribution in [2.45, 2.75) is 19.9 Å². The molecule has 0 unspecified atom stereocenters. The Morgan fingerprint density at radius 3 is 2.95 bits per heavy atom. The number of aromatic nitrogens is 2. The van der Waals surface area contributed by atoms with Gasteiger partial charge in [-0.05, 0) is 24.6 Å². The molecule has 112 valence electrons. The minimum absolute atomic E-state index is 0.129. The molecule has 1 amide bonds. The Balaban J connectivity index is 1.98. The highest BCUT2D eigenvalue weighted by Crippen LogP contribution is 2.20. The first kappa shape index (κ1) is 15.4. The lowest BCUT2D eigenvalue weighted by molar-refractivity contribution is 0.0953. The average molecular weight is 307 g/mol. The molecule has 21 heavy (non-hydrogen) atoms. The van der Waals surface area contributed by atoms with Crippen molar-refractivity contribution in [2.24, 2.45) is 0 Å². The summed E-state index contributed by atoms with van der Waals surface area (Å²) in [4.78, 5) is 16.2. The van der Waals surface area contributed by atoms with Gasteiger partial charge in [-0.3, -0.25) is 4.79 Å². The summed E-state index contributed by atoms with van der Waals surface area (Å²) in [6.45, 7) is 4.11. The SMILES string of the molecule is CCCNc1ccc(Cl)cc1C(=O)NCCn1ccnc1. The molecule has 0 spiro atoms. The molecule has 0 atom stereocenters. The molecule has 1 heterocycles. The number of anilines is 1. The molecule has 2 rings (SSSR count). The van der Waals surface area contributed by atoms with Gasteiger partial charge in [0.1, 0.15) is 0 Å². The molecule has 1 aromatic heterocycles. The van der Waals surface area contributed by atoms with Crippen molar-refractivity contribution >= 4 is 23.2 Å². The van der Waals surface area contributed by atoms with Gasteiger partial charge >= 0.3 is 0 Å². The van der Waals surface area contributed by atoms with Gasteiger partial charge in [-0.15, -0.1) is 0 Å². The van der Waals surface area contributed by atoms with Gasteiger partial charge in [0, 0.05) is 42.7 Å². The summed E-state index contributed by atoms with van der Waals surface area (Å²) in [6.07, 6.45) is 6.29. The topological polar surface area (TPSA) is 59.0 Å². The minimum Gasteiger partial charge on any atom is -0.384 e. The molecular formula is C15H19ClN4O. The van der Waals surface area contributed by atoms with Crippen LogP contribution in [-0.4, -0.2) is 28.5 Å². The van der Waals surface area contributed by atoms with Crippen LogP contribution >= 0.6 is 11.6 Å². The van der Waals surface area contributed by atoms with E-state index in [2.05, 4.69) is 22.5 Å². The van der Waals surface area contributed by atoms with E-state index in [4.69, 9.17) is 11.6 Å². The number of carbonyl (C=O) groups is 1. The summed E-state index contributed by atoms with van der Waals surface area (Å²) in [7, 11) is 0. The summed E-state index contributed by atoms with van der Waals surface area (Å²) in [5, 5.41) is 6.69. The maximum absolute atomic E-state index is 12.3. The Morgan fingerprint density at radius 2 is 2.24 bits per heavy atom. The number of carbonyl (C=O) groups excluding carboxylic acids is 1. The number of imidazole rings is 1. The molecule has 0 aliphatic rings. The molecule has 2 N–H and O–H groups in total. The predicted molar refractivity (Wildman–Crippen MR) is 84.8 cm³/mol. The number of hydrogen-bond acceptors (Lipinski definition) is 3. The van der Waals surface area contributed by atoms with Gasteiger partial charge in [-0.25, -0.2) is 4.98 Å². The fourth-order valence-corrected chi connectivity index (χ4v) is 2.10. The Morgan fingerprint density at radius 1 is 1.38 bits per heavy atom. The van der Waals surface area contributed by atoms with Crippen molar-refractivity contribution in [2.75, 3.05) is 18.4 Å². The van der Waals surface area contributed by atoms with Crippen LogP contribution in [-0.2, 0) is 6.54 Å². The third-order valence-electron chi connectivity index (χ3n) is 3.01. The maximum Gasteiger partial charge on any atom is 0.253 e. The fourth-order valence-electron chi connectivity index (χ4n) is 1.93. The van der Waals surface area contributed by atoms with Gasteiger partial charge in [0.25, 0.3) is 5.91 Å². The van der Waals surface area contributed by atoms with Crippen LogP contribution in [0, 0.1) is 0 Å². The van der Waals surface area contributed by atoms with Crippen LogP contribution in [0.4, 0.5) is 5.69 Å². The fraction of sp³-hybridized carbons (Fsp3) is 0.333. The zero-order valence-electron chi connectivity index (χ0n) is 12.0. The molecule has 1 aromatic carbocycles. The Hall–Kier alpha value is -2.01. The van der Waals surface area contributed by atoms with Gasteiger partial charge in [0.2, 0.25) is 0 Å². The van der Waals surface area contributed by atoms with E-state index in [0.29, 0.717) is 23.7 Å². The quantitative estimate of drug-likeness (QED) is 0.827. The first-order valence-corrected chi connectivity index (χ1v) is 7.36. The Labute approximate surface area is 129 Å². The van der Waals surface area contributed by atoms with Gasteiger partial charge < -0.3 is 15.2 Å². The number of benzene rings is 1. The van der Waals surface area contributed by atoms with Crippen molar-refractivity contribution in [1.82, 2.24) is 14.9 Å². The highest BCUT2D eigenvalue weighted by Gasteiger charge is 2.11. The van der Waals surface area contributed by atoms with Crippen LogP contribution in [0.25, 0.3) is 0 Å². The third kappa shape index (κ3) is 4.49. The highest BCUT2D eigenvalue weighted by atomic mass is 35.5. The van der Waals surface area contributed by atoms with Crippen LogP contribution in [0.1, 0.15) is 23.7 Å². The summed E-state index contributed by atoms with van der Waals surface area (Å²) < 4.78 is 1.91. The molecule has 6 heteroatoms. The van der Waals surface area contributed by atoms with Crippen LogP contribution in [0.5, 0.6) is 0 Å². The Kier molecular flexibility index (Phi) is 5.63. The van der Waals surface area contributed by atoms with Crippen molar-refractivity contribution in [1.29, 1.82) is 0 Å². The van der Waals surface area contributed by atoms with Gasteiger partial charge in [-0.2, -0.15) is 0 Å². The van der Waals surface area contributed by atoms with Gasteiger partial charge in [0.05, 0.1) is 11.9 Å². The molecule has 0 saturated carbocycles. The zero-order chi connectivity index (χ0) is 15.1. The monoisotopic (exact) mass is 306 g/mol. The van der Waals surface area contributed by atoms with Crippen molar-refractivity contribution in [3.63, 3.8) is 0 Å². The normalized spacial score (nSPS) is 10.4. The number of nitrogens with one attached hydrogen (secondary N) is 2. The number of halogens is 1. The van der Waals surface area contributed by atoms with Crippen molar-refractivity contribution in [3.05, 3.63) is 47.5 Å². The summed E-state index contributed by atoms with van der Waals surface area (Å²) in [5.41, 5.74) is 1.38. The third-order valence-corrected chi connectivity index (χ3v) is 3.24. The predicted octanol–water partition coefficient (Wildman–Crippen LogP) is 2.79. The van der Waals surface area contributed by atoms with Gasteiger partial charge in [-0.1, -0.05) is 18.5 Å². The molecule has 0 fully saturated rings. The first-order valence-electron chi connectivity index (χ1n) is 6.98. The first-order chi connectivity index (χ1) is 10.2. The summed E-state index contributed by atoms with van der Waals surface area (Å²) in [6, 6.07) is 5.30. The van der Waals surface area contributed by atoms with E-state index >= 15 is 0 Å². The maximum atomic E-state index is 12.3. The second kappa shape index (κ2) is 7.69. The number of rotatable bonds is 7. The standard InChI is InChI=1S/C15H19ClN4O/c1-2-5-18-14-4-3-12(16)10-13(14)15(21)19-7-9-20-8-6-17-11-20/h3-4,6,8,10-11,18H,2,5,7,9H2,1H3,(H,19,21). The van der Waals surface area contributed by atoms with Crippen LogP contribution in [0.2, 0.25) is 5.02 Å². The van der Waals surface area contributed by atoms with E-state index in [1.807, 2.05) is 16.8 Å². The van der Waals surface area contributed by atoms with Crippen LogP contribution in [0.3, 0.4) is 0 Å². The van der Waals surface area contributed by atoms with Crippen LogP contribution < -0.4 is 10.6 Å². The number of nitrogens with zero attached hydrogens (tertiary/aromatic N) is 2. The zero-order valence-corrected chi connectivity index (χ0v) is 12.7. The van der Waals surface area contributed by atoms with Crippen molar-refractivity contribution < 1.29 is 4.79 Å². The van der Waals surface area contributed by atoms with E-state index in [-0.39, 0.29) is 5.91 Å². The summed E-state index contributed by atoms with van der Waals surface area (Å²) in [5.74, 6) is -0.129. The van der Waals surface area contributed by atoms with E-state index in [9.17, 15) is 4.79 Å². The lowest BCUT2D eigenvalue weighted by Gasteiger charge is -2.12. The van der Waals surface area contributed by atoms with E-state index in [1.165, 1.54) is 0 Å².